The highest BCUT2D eigenvalue weighted by atomic mass is 35.5. The van der Waals surface area contributed by atoms with Crippen molar-refractivity contribution in [2.45, 2.75) is 26.3 Å². The van der Waals surface area contributed by atoms with Gasteiger partial charge in [-0.2, -0.15) is 0 Å². The van der Waals surface area contributed by atoms with Crippen molar-refractivity contribution in [1.82, 2.24) is 5.32 Å². The number of hydrogen-bond acceptors (Lipinski definition) is 5. The number of carbonyl (C=O) groups is 3. The summed E-state index contributed by atoms with van der Waals surface area (Å²) < 4.78 is 10.2. The first kappa shape index (κ1) is 21.4. The number of amides is 1. The molecule has 0 unspecified atom stereocenters. The summed E-state index contributed by atoms with van der Waals surface area (Å²) in [5, 5.41) is 2.96. The molecule has 0 saturated heterocycles. The second-order valence-corrected chi connectivity index (χ2v) is 6.71. The number of ether oxygens (including phenoxy) is 2. The molecule has 0 heterocycles. The third-order valence-corrected chi connectivity index (χ3v) is 4.22. The van der Waals surface area contributed by atoms with Gasteiger partial charge in [-0.15, -0.1) is 0 Å². The Morgan fingerprint density at radius 3 is 2.46 bits per heavy atom. The minimum Gasteiger partial charge on any atom is -0.480 e. The summed E-state index contributed by atoms with van der Waals surface area (Å²) >= 11 is 5.99. The van der Waals surface area contributed by atoms with Crippen molar-refractivity contribution in [1.29, 1.82) is 0 Å². The summed E-state index contributed by atoms with van der Waals surface area (Å²) in [6.07, 6.45) is 0.366. The van der Waals surface area contributed by atoms with Crippen LogP contribution < -0.4 is 10.1 Å². The fourth-order valence-electron chi connectivity index (χ4n) is 2.43. The molecule has 0 bridgehead atoms. The molecule has 1 atom stereocenters. The molecule has 6 nitrogen and oxygen atoms in total. The van der Waals surface area contributed by atoms with Crippen molar-refractivity contribution in [3.8, 4) is 5.75 Å². The maximum atomic E-state index is 12.0. The number of carbonyl (C=O) groups excluding carboxylic acids is 3. The van der Waals surface area contributed by atoms with Crippen molar-refractivity contribution < 1.29 is 23.9 Å². The quantitative estimate of drug-likeness (QED) is 0.651. The zero-order valence-electron chi connectivity index (χ0n) is 15.7. The number of Topliss-reactive ketones (excluding diaryl/α,β-unsaturated/α-hetero) is 1. The molecule has 0 spiro atoms. The molecular weight excluding hydrogens is 382 g/mol. The van der Waals surface area contributed by atoms with E-state index < -0.39 is 24.5 Å². The second-order valence-electron chi connectivity index (χ2n) is 6.30. The van der Waals surface area contributed by atoms with E-state index in [1.165, 1.54) is 6.92 Å². The highest BCUT2D eigenvalue weighted by molar-refractivity contribution is 6.32. The van der Waals surface area contributed by atoms with E-state index in [0.717, 1.165) is 11.1 Å². The summed E-state index contributed by atoms with van der Waals surface area (Å²) in [5.41, 5.74) is 1.85. The number of hydrogen-bond donors (Lipinski definition) is 1. The van der Waals surface area contributed by atoms with Gasteiger partial charge < -0.3 is 14.8 Å². The summed E-state index contributed by atoms with van der Waals surface area (Å²) in [5.74, 6) is -1.09. The Labute approximate surface area is 168 Å². The summed E-state index contributed by atoms with van der Waals surface area (Å²) in [7, 11) is 0. The molecule has 0 aliphatic rings. The predicted octanol–water partition coefficient (Wildman–Crippen LogP) is 2.89. The Kier molecular flexibility index (Phi) is 8.02. The standard InChI is InChI=1S/C21H22ClNO5/c1-14-8-9-17(22)19(10-14)27-13-21(26)28-12-20(25)23-18(15(2)24)11-16-6-4-3-5-7-16/h3-10,18H,11-13H2,1-2H3,(H,23,25)/t18-/m1/s1. The second kappa shape index (κ2) is 10.5. The number of esters is 1. The Morgan fingerprint density at radius 2 is 1.79 bits per heavy atom. The molecule has 148 valence electrons. The van der Waals surface area contributed by atoms with Gasteiger partial charge in [-0.3, -0.25) is 9.59 Å². The summed E-state index contributed by atoms with van der Waals surface area (Å²) in [6, 6.07) is 13.8. The zero-order valence-corrected chi connectivity index (χ0v) is 16.5. The van der Waals surface area contributed by atoms with Gasteiger partial charge in [0.25, 0.3) is 5.91 Å². The fraction of sp³-hybridized carbons (Fsp3) is 0.286. The molecule has 2 rings (SSSR count). The smallest absolute Gasteiger partial charge is 0.344 e. The van der Waals surface area contributed by atoms with Gasteiger partial charge in [-0.05, 0) is 43.5 Å². The van der Waals surface area contributed by atoms with Crippen LogP contribution in [-0.4, -0.2) is 36.9 Å². The Balaban J connectivity index is 1.79. The van der Waals surface area contributed by atoms with Crippen LogP contribution in [0.2, 0.25) is 5.02 Å². The van der Waals surface area contributed by atoms with Crippen LogP contribution in [0, 0.1) is 6.92 Å². The summed E-state index contributed by atoms with van der Waals surface area (Å²) in [4.78, 5) is 35.6. The predicted molar refractivity (Wildman–Crippen MR) is 105 cm³/mol. The molecule has 0 aliphatic carbocycles. The van der Waals surface area contributed by atoms with Gasteiger partial charge in [0.2, 0.25) is 0 Å². The van der Waals surface area contributed by atoms with E-state index in [4.69, 9.17) is 21.1 Å². The maximum absolute atomic E-state index is 12.0. The number of ketones is 1. The average Bonchev–Trinajstić information content (AvgIpc) is 2.67. The molecule has 0 aliphatic heterocycles. The number of rotatable bonds is 9. The molecule has 2 aromatic rings. The highest BCUT2D eigenvalue weighted by Crippen LogP contribution is 2.25. The molecule has 0 aromatic heterocycles. The molecular formula is C21H22ClNO5. The van der Waals surface area contributed by atoms with Crippen molar-refractivity contribution in [3.63, 3.8) is 0 Å². The molecule has 0 saturated carbocycles. The van der Waals surface area contributed by atoms with Crippen LogP contribution in [0.5, 0.6) is 5.75 Å². The van der Waals surface area contributed by atoms with Crippen LogP contribution in [-0.2, 0) is 25.5 Å². The summed E-state index contributed by atoms with van der Waals surface area (Å²) in [6.45, 7) is 2.39. The van der Waals surface area contributed by atoms with Crippen LogP contribution >= 0.6 is 11.6 Å². The van der Waals surface area contributed by atoms with Crippen molar-refractivity contribution in [3.05, 3.63) is 64.7 Å². The minimum atomic E-state index is -0.713. The van der Waals surface area contributed by atoms with E-state index >= 15 is 0 Å². The highest BCUT2D eigenvalue weighted by Gasteiger charge is 2.18. The number of nitrogens with one attached hydrogen (secondary N) is 1. The third-order valence-electron chi connectivity index (χ3n) is 3.91. The lowest BCUT2D eigenvalue weighted by molar-refractivity contribution is -0.150. The van der Waals surface area contributed by atoms with Crippen LogP contribution in [0.15, 0.2) is 48.5 Å². The topological polar surface area (TPSA) is 81.7 Å². The molecule has 1 N–H and O–H groups in total. The first-order chi connectivity index (χ1) is 13.3. The minimum absolute atomic E-state index is 0.180. The lowest BCUT2D eigenvalue weighted by Gasteiger charge is -2.16. The number of benzene rings is 2. The first-order valence-corrected chi connectivity index (χ1v) is 9.11. The zero-order chi connectivity index (χ0) is 20.5. The normalized spacial score (nSPS) is 11.4. The third kappa shape index (κ3) is 7.04. The van der Waals surface area contributed by atoms with Gasteiger partial charge >= 0.3 is 5.97 Å². The number of aryl methyl sites for hydroxylation is 1. The molecule has 0 fully saturated rings. The largest absolute Gasteiger partial charge is 0.480 e. The van der Waals surface area contributed by atoms with E-state index in [-0.39, 0.29) is 12.4 Å². The van der Waals surface area contributed by atoms with Crippen molar-refractivity contribution in [2.75, 3.05) is 13.2 Å². The van der Waals surface area contributed by atoms with Crippen LogP contribution in [0.25, 0.3) is 0 Å². The van der Waals surface area contributed by atoms with E-state index in [0.29, 0.717) is 17.2 Å². The Bertz CT molecular complexity index is 838. The van der Waals surface area contributed by atoms with E-state index in [1.54, 1.807) is 12.1 Å². The van der Waals surface area contributed by atoms with Crippen LogP contribution in [0.4, 0.5) is 0 Å². The molecule has 7 heteroatoms. The SMILES string of the molecule is CC(=O)[C@@H](Cc1ccccc1)NC(=O)COC(=O)COc1cc(C)ccc1Cl. The van der Waals surface area contributed by atoms with Crippen molar-refractivity contribution >= 4 is 29.3 Å². The lowest BCUT2D eigenvalue weighted by Crippen LogP contribution is -2.43. The Morgan fingerprint density at radius 1 is 1.07 bits per heavy atom. The van der Waals surface area contributed by atoms with E-state index in [2.05, 4.69) is 5.32 Å². The van der Waals surface area contributed by atoms with Crippen LogP contribution in [0.3, 0.4) is 0 Å². The first-order valence-electron chi connectivity index (χ1n) is 8.73. The van der Waals surface area contributed by atoms with Gasteiger partial charge in [0.1, 0.15) is 5.75 Å². The maximum Gasteiger partial charge on any atom is 0.344 e. The van der Waals surface area contributed by atoms with Gasteiger partial charge in [-0.1, -0.05) is 48.0 Å². The molecule has 28 heavy (non-hydrogen) atoms. The fourth-order valence-corrected chi connectivity index (χ4v) is 2.60. The lowest BCUT2D eigenvalue weighted by atomic mass is 10.0. The Hall–Kier alpha value is -2.86. The molecule has 1 amide bonds. The molecule has 0 radical (unpaired) electrons. The van der Waals surface area contributed by atoms with E-state index in [1.807, 2.05) is 43.3 Å². The van der Waals surface area contributed by atoms with Gasteiger partial charge in [0.05, 0.1) is 11.1 Å². The number of halogens is 1. The van der Waals surface area contributed by atoms with Gasteiger partial charge in [0, 0.05) is 0 Å². The van der Waals surface area contributed by atoms with Crippen LogP contribution in [0.1, 0.15) is 18.1 Å². The van der Waals surface area contributed by atoms with Crippen molar-refractivity contribution in [2.24, 2.45) is 0 Å². The molecule has 2 aromatic carbocycles. The van der Waals surface area contributed by atoms with Gasteiger partial charge in [0.15, 0.2) is 19.0 Å². The van der Waals surface area contributed by atoms with E-state index in [9.17, 15) is 14.4 Å². The monoisotopic (exact) mass is 403 g/mol. The van der Waals surface area contributed by atoms with Gasteiger partial charge in [-0.25, -0.2) is 4.79 Å². The average molecular weight is 404 g/mol.